The van der Waals surface area contributed by atoms with Crippen LogP contribution in [0.15, 0.2) is 18.6 Å². The van der Waals surface area contributed by atoms with Crippen molar-refractivity contribution in [3.05, 3.63) is 35.8 Å². The lowest BCUT2D eigenvalue weighted by Crippen LogP contribution is -2.05. The van der Waals surface area contributed by atoms with Crippen LogP contribution in [0.3, 0.4) is 0 Å². The van der Waals surface area contributed by atoms with Crippen LogP contribution in [0.1, 0.15) is 40.8 Å². The Kier molecular flexibility index (Phi) is 3.19. The number of carbonyl (C=O) groups is 1. The third-order valence-electron chi connectivity index (χ3n) is 3.08. The van der Waals surface area contributed by atoms with E-state index in [-0.39, 0.29) is 5.69 Å². The summed E-state index contributed by atoms with van der Waals surface area (Å²) < 4.78 is 6.70. The zero-order valence-corrected chi connectivity index (χ0v) is 11.0. The van der Waals surface area contributed by atoms with E-state index in [1.807, 2.05) is 0 Å². The van der Waals surface area contributed by atoms with E-state index in [0.29, 0.717) is 18.3 Å². The molecule has 0 radical (unpaired) electrons. The number of aromatic carboxylic acids is 1. The van der Waals surface area contributed by atoms with Crippen molar-refractivity contribution >= 4 is 5.97 Å². The fraction of sp³-hybridized carbons (Fsp3) is 0.385. The van der Waals surface area contributed by atoms with Crippen molar-refractivity contribution in [2.75, 3.05) is 7.11 Å². The van der Waals surface area contributed by atoms with Crippen LogP contribution in [0, 0.1) is 0 Å². The van der Waals surface area contributed by atoms with Crippen molar-refractivity contribution in [1.82, 2.24) is 19.5 Å². The Hall–Kier alpha value is -2.28. The van der Waals surface area contributed by atoms with Gasteiger partial charge in [0.2, 0.25) is 0 Å². The largest absolute Gasteiger partial charge is 0.476 e. The summed E-state index contributed by atoms with van der Waals surface area (Å²) in [6, 6.07) is 1.78. The summed E-state index contributed by atoms with van der Waals surface area (Å²) in [7, 11) is 1.61. The number of carboxylic acids is 1. The van der Waals surface area contributed by atoms with Crippen molar-refractivity contribution < 1.29 is 14.6 Å². The Balaban J connectivity index is 1.99. The van der Waals surface area contributed by atoms with E-state index in [1.165, 1.54) is 12.5 Å². The van der Waals surface area contributed by atoms with Crippen LogP contribution in [0.4, 0.5) is 0 Å². The van der Waals surface area contributed by atoms with Crippen LogP contribution in [0.2, 0.25) is 0 Å². The van der Waals surface area contributed by atoms with Crippen LogP contribution in [-0.4, -0.2) is 37.7 Å². The summed E-state index contributed by atoms with van der Waals surface area (Å²) in [5.74, 6) is 0.763. The maximum atomic E-state index is 10.9. The van der Waals surface area contributed by atoms with Crippen molar-refractivity contribution in [2.45, 2.75) is 25.4 Å². The standard InChI is InChI=1S/C13H14N4O3/c1-20-6-9-4-11(16-12(15-9)8-2-3-8)17-5-10(13(18)19)14-7-17/h4-5,7-8H,2-3,6H2,1H3,(H,18,19). The first-order chi connectivity index (χ1) is 9.67. The van der Waals surface area contributed by atoms with E-state index >= 15 is 0 Å². The van der Waals surface area contributed by atoms with Gasteiger partial charge in [-0.05, 0) is 12.8 Å². The molecule has 104 valence electrons. The quantitative estimate of drug-likeness (QED) is 0.886. The van der Waals surface area contributed by atoms with Gasteiger partial charge in [0.05, 0.1) is 12.3 Å². The molecule has 1 aliphatic carbocycles. The fourth-order valence-electron chi connectivity index (χ4n) is 1.94. The summed E-state index contributed by atoms with van der Waals surface area (Å²) in [6.07, 6.45) is 5.08. The maximum absolute atomic E-state index is 10.9. The molecule has 0 atom stereocenters. The zero-order valence-electron chi connectivity index (χ0n) is 11.0. The highest BCUT2D eigenvalue weighted by Crippen LogP contribution is 2.38. The molecule has 7 nitrogen and oxygen atoms in total. The monoisotopic (exact) mass is 274 g/mol. The number of aromatic nitrogens is 4. The van der Waals surface area contributed by atoms with Gasteiger partial charge in [0.1, 0.15) is 18.0 Å². The van der Waals surface area contributed by atoms with Gasteiger partial charge in [-0.3, -0.25) is 4.57 Å². The molecule has 0 spiro atoms. The number of nitrogens with zero attached hydrogens (tertiary/aromatic N) is 4. The molecule has 1 aliphatic rings. The van der Waals surface area contributed by atoms with Gasteiger partial charge in [0, 0.05) is 25.3 Å². The summed E-state index contributed by atoms with van der Waals surface area (Å²) in [6.45, 7) is 0.399. The average Bonchev–Trinajstić information content (AvgIpc) is 3.15. The fourth-order valence-corrected chi connectivity index (χ4v) is 1.94. The van der Waals surface area contributed by atoms with E-state index in [2.05, 4.69) is 15.0 Å². The molecule has 0 saturated heterocycles. The highest BCUT2D eigenvalue weighted by molar-refractivity contribution is 5.85. The molecular formula is C13H14N4O3. The first-order valence-corrected chi connectivity index (χ1v) is 6.32. The number of rotatable bonds is 5. The zero-order chi connectivity index (χ0) is 14.1. The molecular weight excluding hydrogens is 260 g/mol. The Morgan fingerprint density at radius 2 is 2.30 bits per heavy atom. The van der Waals surface area contributed by atoms with E-state index in [0.717, 1.165) is 24.4 Å². The van der Waals surface area contributed by atoms with E-state index in [9.17, 15) is 4.79 Å². The van der Waals surface area contributed by atoms with Gasteiger partial charge in [0.15, 0.2) is 5.69 Å². The Morgan fingerprint density at radius 3 is 2.90 bits per heavy atom. The molecule has 2 aromatic heterocycles. The molecule has 1 saturated carbocycles. The lowest BCUT2D eigenvalue weighted by atomic mass is 10.3. The highest BCUT2D eigenvalue weighted by atomic mass is 16.5. The molecule has 7 heteroatoms. The van der Waals surface area contributed by atoms with Crippen molar-refractivity contribution in [3.8, 4) is 5.82 Å². The van der Waals surface area contributed by atoms with E-state index in [4.69, 9.17) is 9.84 Å². The lowest BCUT2D eigenvalue weighted by molar-refractivity contribution is 0.0691. The summed E-state index contributed by atoms with van der Waals surface area (Å²) in [4.78, 5) is 23.7. The Bertz CT molecular complexity index is 649. The van der Waals surface area contributed by atoms with Crippen LogP contribution in [0.5, 0.6) is 0 Å². The average molecular weight is 274 g/mol. The number of ether oxygens (including phenoxy) is 1. The van der Waals surface area contributed by atoms with Crippen molar-refractivity contribution in [2.24, 2.45) is 0 Å². The molecule has 0 aliphatic heterocycles. The second kappa shape index (κ2) is 5.01. The molecule has 1 fully saturated rings. The molecule has 2 heterocycles. The van der Waals surface area contributed by atoms with E-state index in [1.54, 1.807) is 17.7 Å². The van der Waals surface area contributed by atoms with Crippen LogP contribution >= 0.6 is 0 Å². The molecule has 3 rings (SSSR count). The summed E-state index contributed by atoms with van der Waals surface area (Å²) in [5.41, 5.74) is 0.773. The van der Waals surface area contributed by atoms with E-state index < -0.39 is 5.97 Å². The molecule has 20 heavy (non-hydrogen) atoms. The van der Waals surface area contributed by atoms with Gasteiger partial charge in [-0.25, -0.2) is 19.7 Å². The Morgan fingerprint density at radius 1 is 1.50 bits per heavy atom. The number of imidazole rings is 1. The third-order valence-corrected chi connectivity index (χ3v) is 3.08. The first-order valence-electron chi connectivity index (χ1n) is 6.32. The maximum Gasteiger partial charge on any atom is 0.356 e. The third kappa shape index (κ3) is 2.53. The molecule has 0 aromatic carbocycles. The number of hydrogen-bond donors (Lipinski definition) is 1. The smallest absolute Gasteiger partial charge is 0.356 e. The minimum absolute atomic E-state index is 0.00937. The first kappa shape index (κ1) is 12.7. The predicted octanol–water partition coefficient (Wildman–Crippen LogP) is 1.38. The van der Waals surface area contributed by atoms with Crippen LogP contribution < -0.4 is 0 Å². The molecule has 1 N–H and O–H groups in total. The summed E-state index contributed by atoms with van der Waals surface area (Å²) >= 11 is 0. The van der Waals surface area contributed by atoms with Gasteiger partial charge < -0.3 is 9.84 Å². The van der Waals surface area contributed by atoms with Gasteiger partial charge in [0.25, 0.3) is 0 Å². The van der Waals surface area contributed by atoms with Gasteiger partial charge >= 0.3 is 5.97 Å². The minimum atomic E-state index is -1.06. The number of hydrogen-bond acceptors (Lipinski definition) is 5. The molecule has 0 unspecified atom stereocenters. The highest BCUT2D eigenvalue weighted by Gasteiger charge is 2.27. The summed E-state index contributed by atoms with van der Waals surface area (Å²) in [5, 5.41) is 8.91. The second-order valence-electron chi connectivity index (χ2n) is 4.75. The lowest BCUT2D eigenvalue weighted by Gasteiger charge is -2.07. The Labute approximate surface area is 115 Å². The van der Waals surface area contributed by atoms with Gasteiger partial charge in [-0.15, -0.1) is 0 Å². The van der Waals surface area contributed by atoms with Gasteiger partial charge in [-0.2, -0.15) is 0 Å². The van der Waals surface area contributed by atoms with Gasteiger partial charge in [-0.1, -0.05) is 0 Å². The van der Waals surface area contributed by atoms with Crippen LogP contribution in [-0.2, 0) is 11.3 Å². The second-order valence-corrected chi connectivity index (χ2v) is 4.75. The molecule has 2 aromatic rings. The molecule has 0 amide bonds. The van der Waals surface area contributed by atoms with Crippen LogP contribution in [0.25, 0.3) is 5.82 Å². The SMILES string of the molecule is COCc1cc(-n2cnc(C(=O)O)c2)nc(C2CC2)n1. The van der Waals surface area contributed by atoms with Crippen molar-refractivity contribution in [1.29, 1.82) is 0 Å². The van der Waals surface area contributed by atoms with Crippen molar-refractivity contribution in [3.63, 3.8) is 0 Å². The number of methoxy groups -OCH3 is 1. The normalized spacial score (nSPS) is 14.4. The predicted molar refractivity (Wildman–Crippen MR) is 68.8 cm³/mol. The minimum Gasteiger partial charge on any atom is -0.476 e. The molecule has 0 bridgehead atoms. The number of carboxylic acid groups (broad SMARTS) is 1. The topological polar surface area (TPSA) is 90.1 Å².